The number of nitro groups is 1. The van der Waals surface area contributed by atoms with Crippen LogP contribution in [0.1, 0.15) is 23.5 Å². The smallest absolute Gasteiger partial charge is 0.269 e. The lowest BCUT2D eigenvalue weighted by atomic mass is 10.0. The molecule has 182 valence electrons. The Balaban J connectivity index is 1.61. The van der Waals surface area contributed by atoms with Crippen molar-refractivity contribution in [1.29, 1.82) is 0 Å². The first-order valence-corrected chi connectivity index (χ1v) is 11.5. The minimum absolute atomic E-state index is 0.0161. The van der Waals surface area contributed by atoms with Gasteiger partial charge in [-0.15, -0.1) is 0 Å². The molecule has 0 amide bonds. The third-order valence-corrected chi connectivity index (χ3v) is 6.34. The first-order valence-electron chi connectivity index (χ1n) is 11.1. The van der Waals surface area contributed by atoms with Gasteiger partial charge in [-0.05, 0) is 60.7 Å². The van der Waals surface area contributed by atoms with Gasteiger partial charge in [-0.3, -0.25) is 15.1 Å². The molecule has 0 saturated carbocycles. The Bertz CT molecular complexity index is 1410. The third-order valence-electron chi connectivity index (χ3n) is 6.02. The van der Waals surface area contributed by atoms with Crippen LogP contribution in [0, 0.1) is 10.1 Å². The van der Waals surface area contributed by atoms with Crippen LogP contribution in [-0.4, -0.2) is 29.2 Å². The first kappa shape index (κ1) is 23.3. The summed E-state index contributed by atoms with van der Waals surface area (Å²) in [5.74, 6) is 2.49. The Morgan fingerprint density at radius 1 is 1.06 bits per heavy atom. The Hall–Kier alpha value is -4.44. The van der Waals surface area contributed by atoms with Crippen LogP contribution < -0.4 is 19.7 Å². The summed E-state index contributed by atoms with van der Waals surface area (Å²) in [7, 11) is 3.20. The van der Waals surface area contributed by atoms with Crippen molar-refractivity contribution >= 4 is 28.7 Å². The number of anilines is 1. The van der Waals surface area contributed by atoms with Crippen molar-refractivity contribution in [2.75, 3.05) is 19.1 Å². The van der Waals surface area contributed by atoms with E-state index in [0.29, 0.717) is 33.8 Å². The van der Waals surface area contributed by atoms with Gasteiger partial charge in [0.2, 0.25) is 0 Å². The molecule has 0 bridgehead atoms. The fourth-order valence-electron chi connectivity index (χ4n) is 4.30. The van der Waals surface area contributed by atoms with Gasteiger partial charge in [0.1, 0.15) is 29.1 Å². The van der Waals surface area contributed by atoms with Crippen LogP contribution in [0.5, 0.6) is 11.5 Å². The molecule has 1 fully saturated rings. The molecule has 0 unspecified atom stereocenters. The maximum atomic E-state index is 11.0. The molecule has 2 aromatic carbocycles. The van der Waals surface area contributed by atoms with E-state index in [1.54, 1.807) is 32.5 Å². The molecule has 9 nitrogen and oxygen atoms in total. The highest BCUT2D eigenvalue weighted by Crippen LogP contribution is 2.46. The number of pyridine rings is 1. The molecule has 1 saturated heterocycles. The number of non-ortho nitro benzene ring substituents is 1. The second kappa shape index (κ2) is 9.67. The third kappa shape index (κ3) is 4.22. The van der Waals surface area contributed by atoms with E-state index in [1.807, 2.05) is 53.4 Å². The molecule has 1 aliphatic heterocycles. The van der Waals surface area contributed by atoms with E-state index < -0.39 is 11.0 Å². The Kier molecular flexibility index (Phi) is 6.26. The fraction of sp³-hybridized carbons (Fsp3) is 0.154. The number of hydrogen-bond acceptors (Lipinski definition) is 7. The van der Waals surface area contributed by atoms with E-state index in [4.69, 9.17) is 26.1 Å². The highest BCUT2D eigenvalue weighted by molar-refractivity contribution is 7.80. The molecule has 0 radical (unpaired) electrons. The molecule has 2 atom stereocenters. The number of furan rings is 1. The summed E-state index contributed by atoms with van der Waals surface area (Å²) >= 11 is 5.79. The lowest BCUT2D eigenvalue weighted by Gasteiger charge is -2.27. The van der Waals surface area contributed by atoms with Crippen molar-refractivity contribution in [3.8, 4) is 22.8 Å². The van der Waals surface area contributed by atoms with Crippen LogP contribution in [0.3, 0.4) is 0 Å². The van der Waals surface area contributed by atoms with Crippen molar-refractivity contribution < 1.29 is 18.8 Å². The van der Waals surface area contributed by atoms with Crippen LogP contribution >= 0.6 is 12.2 Å². The summed E-state index contributed by atoms with van der Waals surface area (Å²) in [6.07, 6.45) is 1.73. The number of nitrogens with zero attached hydrogens (tertiary/aromatic N) is 3. The summed E-state index contributed by atoms with van der Waals surface area (Å²) in [6.45, 7) is 0. The Morgan fingerprint density at radius 3 is 2.53 bits per heavy atom. The highest BCUT2D eigenvalue weighted by atomic mass is 32.1. The largest absolute Gasteiger partial charge is 0.497 e. The van der Waals surface area contributed by atoms with Gasteiger partial charge in [0.15, 0.2) is 5.11 Å². The van der Waals surface area contributed by atoms with Crippen LogP contribution in [0.15, 0.2) is 83.4 Å². The molecule has 2 aromatic heterocycles. The minimum atomic E-state index is -0.431. The molecular formula is C26H22N4O5S. The first-order chi connectivity index (χ1) is 17.5. The van der Waals surface area contributed by atoms with E-state index in [1.165, 1.54) is 12.1 Å². The lowest BCUT2D eigenvalue weighted by Crippen LogP contribution is -2.29. The van der Waals surface area contributed by atoms with E-state index >= 15 is 0 Å². The molecule has 36 heavy (non-hydrogen) atoms. The number of nitro benzene ring substituents is 1. The van der Waals surface area contributed by atoms with Gasteiger partial charge in [-0.1, -0.05) is 6.07 Å². The van der Waals surface area contributed by atoms with Gasteiger partial charge in [0, 0.05) is 30.0 Å². The second-order valence-corrected chi connectivity index (χ2v) is 8.43. The maximum absolute atomic E-state index is 11.0. The summed E-state index contributed by atoms with van der Waals surface area (Å²) in [5, 5.41) is 14.9. The molecule has 1 N–H and O–H groups in total. The average Bonchev–Trinajstić information content (AvgIpc) is 3.53. The van der Waals surface area contributed by atoms with Crippen LogP contribution in [0.2, 0.25) is 0 Å². The van der Waals surface area contributed by atoms with Gasteiger partial charge >= 0.3 is 0 Å². The van der Waals surface area contributed by atoms with Crippen LogP contribution in [-0.2, 0) is 0 Å². The molecule has 0 aliphatic carbocycles. The van der Waals surface area contributed by atoms with Crippen molar-refractivity contribution in [3.63, 3.8) is 0 Å². The Labute approximate surface area is 212 Å². The maximum Gasteiger partial charge on any atom is 0.269 e. The van der Waals surface area contributed by atoms with Crippen molar-refractivity contribution in [1.82, 2.24) is 10.3 Å². The summed E-state index contributed by atoms with van der Waals surface area (Å²) in [6, 6.07) is 20.5. The number of methoxy groups -OCH3 is 2. The molecule has 4 aromatic rings. The van der Waals surface area contributed by atoms with Gasteiger partial charge < -0.3 is 24.1 Å². The van der Waals surface area contributed by atoms with Crippen LogP contribution in [0.25, 0.3) is 11.3 Å². The van der Waals surface area contributed by atoms with Crippen molar-refractivity contribution in [3.05, 3.63) is 101 Å². The van der Waals surface area contributed by atoms with E-state index in [0.717, 1.165) is 11.3 Å². The van der Waals surface area contributed by atoms with Crippen molar-refractivity contribution in [2.24, 2.45) is 0 Å². The molecule has 1 aliphatic rings. The summed E-state index contributed by atoms with van der Waals surface area (Å²) < 4.78 is 17.4. The zero-order chi connectivity index (χ0) is 25.2. The number of thiocarbonyl (C=S) groups is 1. The predicted octanol–water partition coefficient (Wildman–Crippen LogP) is 5.44. The highest BCUT2D eigenvalue weighted by Gasteiger charge is 2.43. The predicted molar refractivity (Wildman–Crippen MR) is 138 cm³/mol. The average molecular weight is 503 g/mol. The van der Waals surface area contributed by atoms with E-state index in [2.05, 4.69) is 10.3 Å². The number of rotatable bonds is 7. The zero-order valence-electron chi connectivity index (χ0n) is 19.5. The summed E-state index contributed by atoms with van der Waals surface area (Å²) in [4.78, 5) is 17.1. The van der Waals surface area contributed by atoms with Crippen molar-refractivity contribution in [2.45, 2.75) is 12.1 Å². The van der Waals surface area contributed by atoms with Gasteiger partial charge in [0.05, 0.1) is 36.6 Å². The standard InChI is InChI=1S/C26H22N4O5S/c1-33-18-10-11-22(34-2)20(15-18)29-25(24(28-26(29)36)19-5-3-4-14-27-19)23-13-12-21(35-23)16-6-8-17(9-7-16)30(31)32/h3-15,24-25H,1-2H3,(H,28,36)/t24-,25+/m0/s1. The summed E-state index contributed by atoms with van der Waals surface area (Å²) in [5.41, 5.74) is 2.25. The normalized spacial score (nSPS) is 17.1. The molecule has 10 heteroatoms. The van der Waals surface area contributed by atoms with Gasteiger partial charge in [-0.25, -0.2) is 0 Å². The number of hydrogen-bond donors (Lipinski definition) is 1. The van der Waals surface area contributed by atoms with Gasteiger partial charge in [-0.2, -0.15) is 0 Å². The molecule has 3 heterocycles. The number of nitrogens with one attached hydrogen (secondary N) is 1. The topological polar surface area (TPSA) is 103 Å². The van der Waals surface area contributed by atoms with Crippen LogP contribution in [0.4, 0.5) is 11.4 Å². The van der Waals surface area contributed by atoms with E-state index in [-0.39, 0.29) is 11.7 Å². The monoisotopic (exact) mass is 502 g/mol. The second-order valence-electron chi connectivity index (χ2n) is 8.04. The molecule has 5 rings (SSSR count). The number of aromatic nitrogens is 1. The SMILES string of the molecule is COc1ccc(OC)c(N2C(=S)N[C@@H](c3ccccn3)[C@H]2c2ccc(-c3ccc([N+](=O)[O-])cc3)o2)c1. The quantitative estimate of drug-likeness (QED) is 0.201. The molecule has 0 spiro atoms. The van der Waals surface area contributed by atoms with Gasteiger partial charge in [0.25, 0.3) is 5.69 Å². The zero-order valence-corrected chi connectivity index (χ0v) is 20.3. The Morgan fingerprint density at radius 2 is 1.86 bits per heavy atom. The lowest BCUT2D eigenvalue weighted by molar-refractivity contribution is -0.384. The molecular weight excluding hydrogens is 480 g/mol. The fourth-order valence-corrected chi connectivity index (χ4v) is 4.64. The number of benzene rings is 2. The number of ether oxygens (including phenoxy) is 2. The van der Waals surface area contributed by atoms with E-state index in [9.17, 15) is 10.1 Å². The minimum Gasteiger partial charge on any atom is -0.497 e.